The molecule has 0 aliphatic carbocycles. The quantitative estimate of drug-likeness (QED) is 0.195. The van der Waals surface area contributed by atoms with Crippen LogP contribution in [0.1, 0.15) is 0 Å². The van der Waals surface area contributed by atoms with Gasteiger partial charge in [0.25, 0.3) is 0 Å². The van der Waals surface area contributed by atoms with Crippen LogP contribution in [0.3, 0.4) is 0 Å². The van der Waals surface area contributed by atoms with Crippen molar-refractivity contribution in [2.24, 2.45) is 0 Å². The van der Waals surface area contributed by atoms with Gasteiger partial charge in [-0.3, -0.25) is 0 Å². The third kappa shape index (κ3) is 3.76. The van der Waals surface area contributed by atoms with E-state index in [1.54, 1.807) is 36.7 Å². The van der Waals surface area contributed by atoms with Gasteiger partial charge in [0.05, 0.1) is 37.2 Å². The zero-order valence-electron chi connectivity index (χ0n) is 16.0. The summed E-state index contributed by atoms with van der Waals surface area (Å²) in [4.78, 5) is 6.19. The highest BCUT2D eigenvalue weighted by Crippen LogP contribution is 2.52. The number of rotatable bonds is 5. The lowest BCUT2D eigenvalue weighted by Gasteiger charge is -2.20. The Bertz CT molecular complexity index is 1430. The van der Waals surface area contributed by atoms with Crippen LogP contribution in [0.15, 0.2) is 75.9 Å². The van der Waals surface area contributed by atoms with Crippen LogP contribution in [-0.4, -0.2) is 9.97 Å². The van der Waals surface area contributed by atoms with Crippen LogP contribution in [-0.2, 0) is 4.57 Å². The number of nitrogens with one attached hydrogen (secondary N) is 2. The number of aromatic nitrogens is 2. The highest BCUT2D eigenvalue weighted by molar-refractivity contribution is 9.10. The van der Waals surface area contributed by atoms with E-state index in [0.29, 0.717) is 46.6 Å². The number of fused-ring (bicyclic) bond motifs is 2. The molecule has 0 radical (unpaired) electrons. The molecular weight excluding hydrogens is 602 g/mol. The molecule has 0 aliphatic rings. The lowest BCUT2D eigenvalue weighted by Crippen LogP contribution is -2.14. The number of benzene rings is 3. The van der Waals surface area contributed by atoms with Gasteiger partial charge < -0.3 is 19.0 Å². The summed E-state index contributed by atoms with van der Waals surface area (Å²) in [6.45, 7) is 0. The van der Waals surface area contributed by atoms with E-state index in [4.69, 9.17) is 32.2 Å². The minimum Gasteiger partial charge on any atom is -0.410 e. The molecule has 5 rings (SSSR count). The Morgan fingerprint density at radius 3 is 1.66 bits per heavy atom. The van der Waals surface area contributed by atoms with Crippen LogP contribution >= 0.6 is 62.7 Å². The average Bonchev–Trinajstić information content (AvgIpc) is 3.38. The van der Waals surface area contributed by atoms with Gasteiger partial charge in [-0.1, -0.05) is 41.4 Å². The Hall–Kier alpha value is -1.89. The standard InChI is InChI=1S/C22H13Br2Cl2N2O3P/c23-13-6-8-15-19(21(13)25)17(10-27-15)30-32(29,12-4-2-1-3-5-12)31-18-11-28-16-9-7-14(24)22(26)20(16)18/h1-11,27-28H. The van der Waals surface area contributed by atoms with Crippen molar-refractivity contribution in [3.63, 3.8) is 0 Å². The lowest BCUT2D eigenvalue weighted by molar-refractivity contribution is 0.402. The zero-order valence-corrected chi connectivity index (χ0v) is 21.6. The largest absolute Gasteiger partial charge is 0.462 e. The molecule has 5 aromatic rings. The summed E-state index contributed by atoms with van der Waals surface area (Å²) in [7, 11) is -3.92. The molecule has 0 fully saturated rings. The third-order valence-corrected chi connectivity index (χ3v) is 9.28. The Morgan fingerprint density at radius 1 is 0.719 bits per heavy atom. The summed E-state index contributed by atoms with van der Waals surface area (Å²) in [5, 5.41) is 2.47. The highest BCUT2D eigenvalue weighted by atomic mass is 79.9. The van der Waals surface area contributed by atoms with Gasteiger partial charge in [-0.25, -0.2) is 4.57 Å². The number of hydrogen-bond acceptors (Lipinski definition) is 3. The summed E-state index contributed by atoms with van der Waals surface area (Å²) in [6, 6.07) is 16.1. The molecule has 3 aromatic carbocycles. The fraction of sp³-hybridized carbons (Fsp3) is 0. The van der Waals surface area contributed by atoms with E-state index in [1.807, 2.05) is 30.3 Å². The first-order valence-electron chi connectivity index (χ1n) is 9.32. The topological polar surface area (TPSA) is 67.1 Å². The van der Waals surface area contributed by atoms with Gasteiger partial charge >= 0.3 is 7.60 Å². The van der Waals surface area contributed by atoms with Gasteiger partial charge in [0.2, 0.25) is 0 Å². The van der Waals surface area contributed by atoms with Crippen molar-refractivity contribution < 1.29 is 13.6 Å². The second-order valence-corrected chi connectivity index (χ2v) is 11.2. The molecule has 2 heterocycles. The van der Waals surface area contributed by atoms with E-state index in [-0.39, 0.29) is 0 Å². The maximum absolute atomic E-state index is 14.2. The predicted octanol–water partition coefficient (Wildman–Crippen LogP) is 8.46. The van der Waals surface area contributed by atoms with Crippen LogP contribution in [0.25, 0.3) is 21.8 Å². The number of aromatic amines is 2. The van der Waals surface area contributed by atoms with Gasteiger partial charge in [0.1, 0.15) is 0 Å². The van der Waals surface area contributed by atoms with Crippen molar-refractivity contribution in [1.82, 2.24) is 9.97 Å². The molecule has 0 bridgehead atoms. The molecule has 162 valence electrons. The monoisotopic (exact) mass is 612 g/mol. The SMILES string of the molecule is O=P(Oc1c[nH]c2ccc(Br)c(Cl)c12)(Oc1c[nH]c2ccc(Br)c(Cl)c12)c1ccccc1. The van der Waals surface area contributed by atoms with Crippen LogP contribution < -0.4 is 14.4 Å². The first-order valence-corrected chi connectivity index (χ1v) is 13.2. The summed E-state index contributed by atoms with van der Waals surface area (Å²) >= 11 is 19.9. The van der Waals surface area contributed by atoms with Gasteiger partial charge in [-0.05, 0) is 68.3 Å². The first kappa shape index (κ1) is 21.9. The minimum absolute atomic E-state index is 0.311. The summed E-state index contributed by atoms with van der Waals surface area (Å²) < 4.78 is 27.8. The Morgan fingerprint density at radius 2 is 1.19 bits per heavy atom. The molecule has 0 saturated heterocycles. The molecule has 2 aromatic heterocycles. The number of hydrogen-bond donors (Lipinski definition) is 2. The maximum Gasteiger partial charge on any atom is 0.462 e. The molecule has 2 N–H and O–H groups in total. The Labute approximate surface area is 209 Å². The molecule has 5 nitrogen and oxygen atoms in total. The zero-order chi connectivity index (χ0) is 22.5. The van der Waals surface area contributed by atoms with Crippen molar-refractivity contribution in [3.05, 3.63) is 86.0 Å². The van der Waals surface area contributed by atoms with E-state index in [0.717, 1.165) is 11.0 Å². The molecule has 0 saturated carbocycles. The fourth-order valence-corrected chi connectivity index (χ4v) is 6.16. The summed E-state index contributed by atoms with van der Waals surface area (Å²) in [5.74, 6) is 0.621. The molecule has 0 aliphatic heterocycles. The van der Waals surface area contributed by atoms with E-state index in [2.05, 4.69) is 41.8 Å². The molecular formula is C22H13Br2Cl2N2O3P. The van der Waals surface area contributed by atoms with Crippen molar-refractivity contribution in [3.8, 4) is 11.5 Å². The first-order chi connectivity index (χ1) is 15.4. The van der Waals surface area contributed by atoms with Crippen LogP contribution in [0, 0.1) is 0 Å². The van der Waals surface area contributed by atoms with Gasteiger partial charge in [-0.2, -0.15) is 0 Å². The van der Waals surface area contributed by atoms with Gasteiger partial charge in [0, 0.05) is 21.3 Å². The molecule has 0 amide bonds. The maximum atomic E-state index is 14.2. The number of halogens is 4. The van der Waals surface area contributed by atoms with E-state index >= 15 is 0 Å². The Balaban J connectivity index is 1.65. The lowest BCUT2D eigenvalue weighted by atomic mass is 10.2. The minimum atomic E-state index is -3.92. The molecule has 10 heteroatoms. The van der Waals surface area contributed by atoms with Crippen LogP contribution in [0.4, 0.5) is 0 Å². The second-order valence-electron chi connectivity index (χ2n) is 6.89. The fourth-order valence-electron chi connectivity index (χ4n) is 3.39. The smallest absolute Gasteiger partial charge is 0.410 e. The average molecular weight is 615 g/mol. The Kier molecular flexibility index (Phi) is 5.81. The van der Waals surface area contributed by atoms with Crippen molar-refractivity contribution in [2.45, 2.75) is 0 Å². The molecule has 0 spiro atoms. The van der Waals surface area contributed by atoms with Crippen molar-refractivity contribution >= 4 is 89.8 Å². The van der Waals surface area contributed by atoms with E-state index < -0.39 is 7.60 Å². The van der Waals surface area contributed by atoms with Gasteiger partial charge in [-0.15, -0.1) is 0 Å². The van der Waals surface area contributed by atoms with Crippen LogP contribution in [0.2, 0.25) is 10.0 Å². The normalized spacial score (nSPS) is 11.9. The predicted molar refractivity (Wildman–Crippen MR) is 137 cm³/mol. The second kappa shape index (κ2) is 8.47. The highest BCUT2D eigenvalue weighted by Gasteiger charge is 2.34. The van der Waals surface area contributed by atoms with Crippen molar-refractivity contribution in [2.75, 3.05) is 0 Å². The summed E-state index contributed by atoms with van der Waals surface area (Å²) in [6.07, 6.45) is 3.22. The van der Waals surface area contributed by atoms with E-state index in [1.165, 1.54) is 0 Å². The third-order valence-electron chi connectivity index (χ3n) is 4.91. The van der Waals surface area contributed by atoms with Gasteiger partial charge in [0.15, 0.2) is 11.5 Å². The molecule has 0 atom stereocenters. The van der Waals surface area contributed by atoms with E-state index in [9.17, 15) is 4.57 Å². The molecule has 32 heavy (non-hydrogen) atoms. The molecule has 0 unspecified atom stereocenters. The summed E-state index contributed by atoms with van der Waals surface area (Å²) in [5.41, 5.74) is 1.48. The van der Waals surface area contributed by atoms with Crippen LogP contribution in [0.5, 0.6) is 11.5 Å². The van der Waals surface area contributed by atoms with Crippen molar-refractivity contribution in [1.29, 1.82) is 0 Å². The number of H-pyrrole nitrogens is 2.